The van der Waals surface area contributed by atoms with Crippen LogP contribution in [-0.4, -0.2) is 7.05 Å². The highest BCUT2D eigenvalue weighted by Crippen LogP contribution is 2.48. The molecule has 16 heavy (non-hydrogen) atoms. The van der Waals surface area contributed by atoms with Crippen molar-refractivity contribution in [1.82, 2.24) is 0 Å². The van der Waals surface area contributed by atoms with E-state index in [0.717, 1.165) is 0 Å². The van der Waals surface area contributed by atoms with Gasteiger partial charge in [-0.15, -0.1) is 0 Å². The number of rotatable bonds is 0. The third kappa shape index (κ3) is 1.38. The fraction of sp³-hybridized carbons (Fsp3) is 0.467. The van der Waals surface area contributed by atoms with Crippen LogP contribution in [0.2, 0.25) is 0 Å². The van der Waals surface area contributed by atoms with Crippen molar-refractivity contribution in [3.63, 3.8) is 0 Å². The maximum atomic E-state index is 2.34. The van der Waals surface area contributed by atoms with Gasteiger partial charge in [-0.3, -0.25) is 0 Å². The van der Waals surface area contributed by atoms with Gasteiger partial charge in [-0.2, -0.15) is 0 Å². The van der Waals surface area contributed by atoms with Crippen molar-refractivity contribution in [3.8, 4) is 0 Å². The molecule has 1 heteroatoms. The van der Waals surface area contributed by atoms with Crippen molar-refractivity contribution >= 4 is 5.69 Å². The number of anilines is 1. The average molecular weight is 215 g/mol. The first-order valence-electron chi connectivity index (χ1n) is 5.88. The lowest BCUT2D eigenvalue weighted by atomic mass is 9.82. The lowest BCUT2D eigenvalue weighted by molar-refractivity contribution is 0.631. The van der Waals surface area contributed by atoms with Gasteiger partial charge >= 0.3 is 0 Å². The number of hydrogen-bond donors (Lipinski definition) is 0. The van der Waals surface area contributed by atoms with Crippen molar-refractivity contribution < 1.29 is 0 Å². The molecule has 1 aliphatic rings. The third-order valence-corrected chi connectivity index (χ3v) is 3.59. The van der Waals surface area contributed by atoms with Gasteiger partial charge in [-0.05, 0) is 32.4 Å². The van der Waals surface area contributed by atoms with Crippen LogP contribution < -0.4 is 4.90 Å². The molecule has 1 aliphatic heterocycles. The maximum absolute atomic E-state index is 2.34. The summed E-state index contributed by atoms with van der Waals surface area (Å²) in [7, 11) is 2.17. The molecule has 0 fully saturated rings. The molecule has 0 atom stereocenters. The number of benzene rings is 1. The van der Waals surface area contributed by atoms with Gasteiger partial charge in [0.2, 0.25) is 0 Å². The van der Waals surface area contributed by atoms with E-state index >= 15 is 0 Å². The molecular weight excluding hydrogens is 194 g/mol. The van der Waals surface area contributed by atoms with Crippen LogP contribution in [0.25, 0.3) is 0 Å². The molecule has 0 amide bonds. The number of fused-ring (bicyclic) bond motifs is 1. The molecular formula is C15H21N. The van der Waals surface area contributed by atoms with Gasteiger partial charge < -0.3 is 4.90 Å². The molecule has 0 saturated carbocycles. The molecule has 0 aromatic heterocycles. The fourth-order valence-electron chi connectivity index (χ4n) is 3.07. The Kier molecular flexibility index (Phi) is 2.37. The maximum Gasteiger partial charge on any atom is 0.0448 e. The minimum absolute atomic E-state index is 0.134. The van der Waals surface area contributed by atoms with E-state index in [-0.39, 0.29) is 5.41 Å². The van der Waals surface area contributed by atoms with E-state index in [0.29, 0.717) is 0 Å². The predicted molar refractivity (Wildman–Crippen MR) is 71.0 cm³/mol. The summed E-state index contributed by atoms with van der Waals surface area (Å²) in [5, 5.41) is 0. The molecule has 0 saturated heterocycles. The van der Waals surface area contributed by atoms with Crippen LogP contribution >= 0.6 is 0 Å². The van der Waals surface area contributed by atoms with Gasteiger partial charge in [0.1, 0.15) is 0 Å². The molecule has 0 N–H and O–H groups in total. The first-order valence-corrected chi connectivity index (χ1v) is 5.88. The highest BCUT2D eigenvalue weighted by Gasteiger charge is 2.38. The summed E-state index contributed by atoms with van der Waals surface area (Å²) >= 11 is 0. The Morgan fingerprint density at radius 2 is 1.81 bits per heavy atom. The van der Waals surface area contributed by atoms with Crippen LogP contribution in [0.5, 0.6) is 0 Å². The van der Waals surface area contributed by atoms with E-state index in [9.17, 15) is 0 Å². The number of hydrogen-bond acceptors (Lipinski definition) is 1. The van der Waals surface area contributed by atoms with Crippen molar-refractivity contribution in [1.29, 1.82) is 0 Å². The standard InChI is InChI=1S/C15H21N/c1-10(2)14-15(4,5)12-9-11(3)7-8-13(12)16(14)6/h7-9H,1-6H3. The van der Waals surface area contributed by atoms with E-state index < -0.39 is 0 Å². The second-order valence-electron chi connectivity index (χ2n) is 5.55. The highest BCUT2D eigenvalue weighted by molar-refractivity contribution is 5.70. The molecule has 86 valence electrons. The quantitative estimate of drug-likeness (QED) is 0.632. The number of likely N-dealkylation sites (N-methyl/N-ethyl adjacent to an activating group) is 1. The molecule has 1 heterocycles. The zero-order chi connectivity index (χ0) is 12.1. The van der Waals surface area contributed by atoms with E-state index in [1.165, 1.54) is 28.1 Å². The Balaban J connectivity index is 2.72. The minimum Gasteiger partial charge on any atom is -0.347 e. The van der Waals surface area contributed by atoms with E-state index in [4.69, 9.17) is 0 Å². The first kappa shape index (κ1) is 11.3. The van der Waals surface area contributed by atoms with Crippen LogP contribution in [0.4, 0.5) is 5.69 Å². The molecule has 1 aromatic rings. The molecule has 0 unspecified atom stereocenters. The monoisotopic (exact) mass is 215 g/mol. The number of aryl methyl sites for hydroxylation is 1. The smallest absolute Gasteiger partial charge is 0.0448 e. The molecule has 0 spiro atoms. The minimum atomic E-state index is 0.134. The summed E-state index contributed by atoms with van der Waals surface area (Å²) in [6.45, 7) is 11.2. The van der Waals surface area contributed by atoms with Gasteiger partial charge in [-0.1, -0.05) is 37.1 Å². The van der Waals surface area contributed by atoms with Crippen LogP contribution in [0.15, 0.2) is 29.5 Å². The van der Waals surface area contributed by atoms with Crippen LogP contribution in [0, 0.1) is 6.92 Å². The summed E-state index contributed by atoms with van der Waals surface area (Å²) in [6.07, 6.45) is 0. The van der Waals surface area contributed by atoms with Gasteiger partial charge in [0.05, 0.1) is 0 Å². The predicted octanol–water partition coefficient (Wildman–Crippen LogP) is 4.02. The topological polar surface area (TPSA) is 3.24 Å². The molecule has 1 nitrogen and oxygen atoms in total. The lowest BCUT2D eigenvalue weighted by Crippen LogP contribution is -2.24. The number of allylic oxidation sites excluding steroid dienone is 2. The highest BCUT2D eigenvalue weighted by atomic mass is 15.2. The van der Waals surface area contributed by atoms with Gasteiger partial charge in [-0.25, -0.2) is 0 Å². The summed E-state index contributed by atoms with van der Waals surface area (Å²) < 4.78 is 0. The summed E-state index contributed by atoms with van der Waals surface area (Å²) in [5.41, 5.74) is 7.12. The van der Waals surface area contributed by atoms with Gasteiger partial charge in [0.25, 0.3) is 0 Å². The zero-order valence-electron chi connectivity index (χ0n) is 11.2. The lowest BCUT2D eigenvalue weighted by Gasteiger charge is -2.25. The Bertz CT molecular complexity index is 462. The first-order chi connectivity index (χ1) is 7.35. The molecule has 1 aromatic carbocycles. The largest absolute Gasteiger partial charge is 0.347 e. The van der Waals surface area contributed by atoms with Crippen molar-refractivity contribution in [2.24, 2.45) is 0 Å². The van der Waals surface area contributed by atoms with Crippen LogP contribution in [0.1, 0.15) is 38.8 Å². The van der Waals surface area contributed by atoms with E-state index in [1.54, 1.807) is 0 Å². The van der Waals surface area contributed by atoms with Crippen LogP contribution in [0.3, 0.4) is 0 Å². The van der Waals surface area contributed by atoms with Crippen LogP contribution in [-0.2, 0) is 5.41 Å². The Morgan fingerprint density at radius 3 is 2.38 bits per heavy atom. The summed E-state index contributed by atoms with van der Waals surface area (Å²) in [4.78, 5) is 2.34. The summed E-state index contributed by atoms with van der Waals surface area (Å²) in [5.74, 6) is 0. The normalized spacial score (nSPS) is 17.6. The SMILES string of the molecule is CC(C)=C1N(C)c2ccc(C)cc2C1(C)C. The molecule has 2 rings (SSSR count). The Morgan fingerprint density at radius 1 is 1.19 bits per heavy atom. The van der Waals surface area contributed by atoms with Crippen molar-refractivity contribution in [3.05, 3.63) is 40.6 Å². The molecule has 0 radical (unpaired) electrons. The zero-order valence-corrected chi connectivity index (χ0v) is 11.2. The molecule has 0 aliphatic carbocycles. The van der Waals surface area contributed by atoms with E-state index in [1.807, 2.05) is 0 Å². The average Bonchev–Trinajstić information content (AvgIpc) is 2.34. The summed E-state index contributed by atoms with van der Waals surface area (Å²) in [6, 6.07) is 6.75. The number of nitrogens with zero attached hydrogens (tertiary/aromatic N) is 1. The third-order valence-electron chi connectivity index (χ3n) is 3.59. The van der Waals surface area contributed by atoms with Gasteiger partial charge in [0.15, 0.2) is 0 Å². The second-order valence-corrected chi connectivity index (χ2v) is 5.55. The van der Waals surface area contributed by atoms with Gasteiger partial charge in [0, 0.05) is 23.8 Å². The van der Waals surface area contributed by atoms with Crippen molar-refractivity contribution in [2.75, 3.05) is 11.9 Å². The van der Waals surface area contributed by atoms with Crippen molar-refractivity contribution in [2.45, 2.75) is 40.0 Å². The fourth-order valence-corrected chi connectivity index (χ4v) is 3.07. The molecule has 0 bridgehead atoms. The van der Waals surface area contributed by atoms with E-state index in [2.05, 4.69) is 64.8 Å². The Hall–Kier alpha value is -1.24. The second kappa shape index (κ2) is 3.38. The Labute approximate surface area is 98.8 Å².